The minimum Gasteiger partial charge on any atom is -0.228 e. The summed E-state index contributed by atoms with van der Waals surface area (Å²) in [6.07, 6.45) is 0.445. The topological polar surface area (TPSA) is 60.2 Å². The Balaban J connectivity index is 2.43. The second kappa shape index (κ2) is 4.47. The number of benzene rings is 2. The second-order valence-electron chi connectivity index (χ2n) is 4.24. The molecule has 4 heteroatoms. The molecule has 2 rings (SSSR count). The first-order chi connectivity index (χ1) is 7.98. The van der Waals surface area contributed by atoms with E-state index in [0.29, 0.717) is 6.42 Å². The molecule has 0 unspecified atom stereocenters. The van der Waals surface area contributed by atoms with Gasteiger partial charge in [0.25, 0.3) is 0 Å². The summed E-state index contributed by atoms with van der Waals surface area (Å²) in [5.74, 6) is 0. The molecule has 2 aromatic rings. The molecule has 0 radical (unpaired) electrons. The average Bonchev–Trinajstić information content (AvgIpc) is 2.28. The molecule has 0 spiro atoms. The van der Waals surface area contributed by atoms with Crippen LogP contribution >= 0.6 is 0 Å². The molecule has 2 N–H and O–H groups in total. The van der Waals surface area contributed by atoms with E-state index in [2.05, 4.69) is 0 Å². The maximum atomic E-state index is 11.2. The van der Waals surface area contributed by atoms with Gasteiger partial charge in [-0.1, -0.05) is 42.5 Å². The monoisotopic (exact) mass is 249 g/mol. The van der Waals surface area contributed by atoms with Gasteiger partial charge in [0.05, 0.1) is 5.25 Å². The molecule has 90 valence electrons. The number of rotatable bonds is 3. The standard InChI is InChI=1S/C13H15NO2S/c1-10(17(14,15)16)9-12-7-4-6-11-5-2-3-8-13(11)12/h2-8,10H,9H2,1H3,(H2,14,15,16)/t10-/m0/s1. The summed E-state index contributed by atoms with van der Waals surface area (Å²) in [6.45, 7) is 1.64. The largest absolute Gasteiger partial charge is 0.228 e. The Kier molecular flexibility index (Phi) is 3.17. The van der Waals surface area contributed by atoms with E-state index in [0.717, 1.165) is 16.3 Å². The van der Waals surface area contributed by atoms with E-state index >= 15 is 0 Å². The van der Waals surface area contributed by atoms with Crippen molar-refractivity contribution < 1.29 is 8.42 Å². The molecular formula is C13H15NO2S. The highest BCUT2D eigenvalue weighted by molar-refractivity contribution is 7.89. The molecule has 0 aliphatic rings. The minimum atomic E-state index is -3.47. The Bertz CT molecular complexity index is 629. The van der Waals surface area contributed by atoms with Crippen LogP contribution in [-0.2, 0) is 16.4 Å². The van der Waals surface area contributed by atoms with Gasteiger partial charge in [0.15, 0.2) is 0 Å². The van der Waals surface area contributed by atoms with Crippen LogP contribution in [-0.4, -0.2) is 13.7 Å². The van der Waals surface area contributed by atoms with Crippen molar-refractivity contribution in [3.05, 3.63) is 48.0 Å². The lowest BCUT2D eigenvalue weighted by atomic mass is 10.0. The van der Waals surface area contributed by atoms with Gasteiger partial charge in [0, 0.05) is 0 Å². The molecule has 1 atom stereocenters. The van der Waals surface area contributed by atoms with Crippen molar-refractivity contribution in [2.75, 3.05) is 0 Å². The van der Waals surface area contributed by atoms with Gasteiger partial charge in [-0.05, 0) is 29.7 Å². The van der Waals surface area contributed by atoms with Crippen LogP contribution in [0, 0.1) is 0 Å². The van der Waals surface area contributed by atoms with E-state index in [1.54, 1.807) is 6.92 Å². The highest BCUT2D eigenvalue weighted by Gasteiger charge is 2.16. The molecule has 0 aliphatic carbocycles. The molecule has 0 bridgehead atoms. The number of primary sulfonamides is 1. The number of fused-ring (bicyclic) bond motifs is 1. The molecule has 0 fully saturated rings. The summed E-state index contributed by atoms with van der Waals surface area (Å²) in [5.41, 5.74) is 1.02. The van der Waals surface area contributed by atoms with Gasteiger partial charge in [-0.25, -0.2) is 13.6 Å². The maximum absolute atomic E-state index is 11.2. The quantitative estimate of drug-likeness (QED) is 0.905. The van der Waals surface area contributed by atoms with Crippen molar-refractivity contribution >= 4 is 20.8 Å². The second-order valence-corrected chi connectivity index (χ2v) is 6.22. The SMILES string of the molecule is C[C@@H](Cc1cccc2ccccc12)S(N)(=O)=O. The van der Waals surface area contributed by atoms with Crippen molar-refractivity contribution in [3.8, 4) is 0 Å². The molecule has 2 aromatic carbocycles. The van der Waals surface area contributed by atoms with Crippen LogP contribution in [0.3, 0.4) is 0 Å². The number of hydrogen-bond acceptors (Lipinski definition) is 2. The number of sulfonamides is 1. The Morgan fingerprint density at radius 2 is 1.76 bits per heavy atom. The Hall–Kier alpha value is -1.39. The Morgan fingerprint density at radius 3 is 2.47 bits per heavy atom. The molecule has 0 amide bonds. The minimum absolute atomic E-state index is 0.445. The summed E-state index contributed by atoms with van der Waals surface area (Å²) in [4.78, 5) is 0. The van der Waals surface area contributed by atoms with Crippen LogP contribution in [0.2, 0.25) is 0 Å². The van der Waals surface area contributed by atoms with Gasteiger partial charge in [0.1, 0.15) is 0 Å². The van der Waals surface area contributed by atoms with E-state index in [1.165, 1.54) is 0 Å². The summed E-state index contributed by atoms with van der Waals surface area (Å²) in [5, 5.41) is 6.79. The zero-order chi connectivity index (χ0) is 12.5. The zero-order valence-electron chi connectivity index (χ0n) is 9.63. The zero-order valence-corrected chi connectivity index (χ0v) is 10.4. The fourth-order valence-corrected chi connectivity index (χ4v) is 2.31. The molecule has 3 nitrogen and oxygen atoms in total. The van der Waals surface area contributed by atoms with Gasteiger partial charge in [-0.15, -0.1) is 0 Å². The van der Waals surface area contributed by atoms with Gasteiger partial charge in [0.2, 0.25) is 10.0 Å². The lowest BCUT2D eigenvalue weighted by Crippen LogP contribution is -2.27. The van der Waals surface area contributed by atoms with Crippen molar-refractivity contribution in [3.63, 3.8) is 0 Å². The third-order valence-corrected chi connectivity index (χ3v) is 4.24. The van der Waals surface area contributed by atoms with Crippen LogP contribution in [0.15, 0.2) is 42.5 Å². The smallest absolute Gasteiger partial charge is 0.212 e. The Morgan fingerprint density at radius 1 is 1.12 bits per heavy atom. The van der Waals surface area contributed by atoms with E-state index in [1.807, 2.05) is 42.5 Å². The molecule has 0 aromatic heterocycles. The first kappa shape index (κ1) is 12.1. The lowest BCUT2D eigenvalue weighted by molar-refractivity contribution is 0.584. The first-order valence-electron chi connectivity index (χ1n) is 5.47. The van der Waals surface area contributed by atoms with Crippen molar-refractivity contribution in [2.45, 2.75) is 18.6 Å². The highest BCUT2D eigenvalue weighted by atomic mass is 32.2. The molecule has 17 heavy (non-hydrogen) atoms. The molecular weight excluding hydrogens is 234 g/mol. The third kappa shape index (κ3) is 2.65. The van der Waals surface area contributed by atoms with Crippen LogP contribution in [0.25, 0.3) is 10.8 Å². The fraction of sp³-hybridized carbons (Fsp3) is 0.231. The predicted octanol–water partition coefficient (Wildman–Crippen LogP) is 2.06. The third-order valence-electron chi connectivity index (χ3n) is 2.95. The van der Waals surface area contributed by atoms with Gasteiger partial charge >= 0.3 is 0 Å². The van der Waals surface area contributed by atoms with Crippen molar-refractivity contribution in [2.24, 2.45) is 5.14 Å². The normalized spacial score (nSPS) is 13.8. The number of hydrogen-bond donors (Lipinski definition) is 1. The summed E-state index contributed by atoms with van der Waals surface area (Å²) >= 11 is 0. The predicted molar refractivity (Wildman–Crippen MR) is 70.2 cm³/mol. The van der Waals surface area contributed by atoms with E-state index in [4.69, 9.17) is 5.14 Å². The van der Waals surface area contributed by atoms with Crippen LogP contribution in [0.4, 0.5) is 0 Å². The molecule has 0 aliphatic heterocycles. The van der Waals surface area contributed by atoms with Crippen LogP contribution in [0.1, 0.15) is 12.5 Å². The average molecular weight is 249 g/mol. The summed E-state index contributed by atoms with van der Waals surface area (Å²) < 4.78 is 22.5. The van der Waals surface area contributed by atoms with Gasteiger partial charge < -0.3 is 0 Å². The summed E-state index contributed by atoms with van der Waals surface area (Å²) in [7, 11) is -3.47. The van der Waals surface area contributed by atoms with Gasteiger partial charge in [-0.3, -0.25) is 0 Å². The van der Waals surface area contributed by atoms with E-state index < -0.39 is 15.3 Å². The van der Waals surface area contributed by atoms with E-state index in [-0.39, 0.29) is 0 Å². The maximum Gasteiger partial charge on any atom is 0.212 e. The highest BCUT2D eigenvalue weighted by Crippen LogP contribution is 2.20. The van der Waals surface area contributed by atoms with E-state index in [9.17, 15) is 8.42 Å². The fourth-order valence-electron chi connectivity index (χ4n) is 1.90. The molecule has 0 saturated carbocycles. The van der Waals surface area contributed by atoms with Crippen LogP contribution < -0.4 is 5.14 Å². The first-order valence-corrected chi connectivity index (χ1v) is 7.07. The summed E-state index contributed by atoms with van der Waals surface area (Å²) in [6, 6.07) is 13.8. The number of nitrogens with two attached hydrogens (primary N) is 1. The van der Waals surface area contributed by atoms with Crippen molar-refractivity contribution in [1.29, 1.82) is 0 Å². The Labute approximate surface area is 101 Å². The van der Waals surface area contributed by atoms with Gasteiger partial charge in [-0.2, -0.15) is 0 Å². The lowest BCUT2D eigenvalue weighted by Gasteiger charge is -2.11. The molecule has 0 saturated heterocycles. The van der Waals surface area contributed by atoms with Crippen molar-refractivity contribution in [1.82, 2.24) is 0 Å². The molecule has 0 heterocycles. The van der Waals surface area contributed by atoms with Crippen LogP contribution in [0.5, 0.6) is 0 Å².